The Bertz CT molecular complexity index is 342. The lowest BCUT2D eigenvalue weighted by Gasteiger charge is -2.23. The molecule has 0 aromatic heterocycles. The minimum Gasteiger partial charge on any atom is -0.344 e. The number of carbonyl (C=O) groups is 2. The molecule has 2 amide bonds. The first-order valence-electron chi connectivity index (χ1n) is 6.49. The predicted octanol–water partition coefficient (Wildman–Crippen LogP) is 1.03. The Morgan fingerprint density at radius 1 is 1.44 bits per heavy atom. The largest absolute Gasteiger partial charge is 0.344 e. The number of hydrogen-bond acceptors (Lipinski definition) is 3. The molecule has 1 aliphatic carbocycles. The third-order valence-corrected chi connectivity index (χ3v) is 4.28. The van der Waals surface area contributed by atoms with Crippen molar-refractivity contribution in [1.29, 1.82) is 0 Å². The van der Waals surface area contributed by atoms with Crippen LogP contribution in [-0.2, 0) is 9.59 Å². The molecule has 2 aliphatic rings. The molecule has 2 rings (SSSR count). The molecule has 100 valence electrons. The molecular weight excluding hydrogens is 248 g/mol. The van der Waals surface area contributed by atoms with E-state index >= 15 is 0 Å². The van der Waals surface area contributed by atoms with Crippen molar-refractivity contribution >= 4 is 23.6 Å². The van der Waals surface area contributed by atoms with Gasteiger partial charge in [0.2, 0.25) is 11.8 Å². The van der Waals surface area contributed by atoms with Crippen molar-refractivity contribution in [3.8, 4) is 0 Å². The summed E-state index contributed by atoms with van der Waals surface area (Å²) in [7, 11) is 0. The Kier molecular flexibility index (Phi) is 4.69. The third-order valence-electron chi connectivity index (χ3n) is 3.34. The maximum Gasteiger partial charge on any atom is 0.245 e. The predicted molar refractivity (Wildman–Crippen MR) is 73.4 cm³/mol. The third kappa shape index (κ3) is 3.51. The number of nitrogens with one attached hydrogen (secondary N) is 1. The highest BCUT2D eigenvalue weighted by Crippen LogP contribution is 2.34. The first kappa shape index (κ1) is 13.5. The molecule has 1 N–H and O–H groups in total. The summed E-state index contributed by atoms with van der Waals surface area (Å²) in [6.07, 6.45) is 4.43. The summed E-state index contributed by atoms with van der Waals surface area (Å²) < 4.78 is 0. The molecule has 1 unspecified atom stereocenters. The molecule has 0 spiro atoms. The summed E-state index contributed by atoms with van der Waals surface area (Å²) in [4.78, 5) is 25.7. The maximum absolute atomic E-state index is 12.3. The Labute approximate surface area is 112 Å². The Hall–Kier alpha value is -0.970. The van der Waals surface area contributed by atoms with Gasteiger partial charge in [-0.25, -0.2) is 0 Å². The normalized spacial score (nSPS) is 24.7. The lowest BCUT2D eigenvalue weighted by molar-refractivity contribution is -0.133. The molecule has 1 aliphatic heterocycles. The fourth-order valence-corrected chi connectivity index (χ4v) is 2.85. The van der Waals surface area contributed by atoms with Crippen LogP contribution < -0.4 is 5.32 Å². The zero-order valence-electron chi connectivity index (χ0n) is 10.6. The first-order chi connectivity index (χ1) is 8.72. The highest BCUT2D eigenvalue weighted by atomic mass is 32.2. The summed E-state index contributed by atoms with van der Waals surface area (Å²) >= 11 is 1.76. The molecule has 1 saturated carbocycles. The number of hydrogen-bond donors (Lipinski definition) is 1. The molecule has 2 fully saturated rings. The number of thioether (sulfide) groups is 1. The zero-order valence-corrected chi connectivity index (χ0v) is 11.4. The molecule has 1 atom stereocenters. The van der Waals surface area contributed by atoms with Gasteiger partial charge in [0.1, 0.15) is 6.04 Å². The molecule has 1 saturated heterocycles. The van der Waals surface area contributed by atoms with Gasteiger partial charge in [0.25, 0.3) is 0 Å². The van der Waals surface area contributed by atoms with E-state index in [2.05, 4.69) is 11.9 Å². The minimum atomic E-state index is -0.260. The highest BCUT2D eigenvalue weighted by Gasteiger charge is 2.40. The lowest BCUT2D eigenvalue weighted by atomic mass is 10.1. The second kappa shape index (κ2) is 6.27. The van der Waals surface area contributed by atoms with Crippen LogP contribution in [0.3, 0.4) is 0 Å². The number of rotatable bonds is 6. The van der Waals surface area contributed by atoms with Gasteiger partial charge in [-0.2, -0.15) is 11.8 Å². The molecule has 0 bridgehead atoms. The Morgan fingerprint density at radius 3 is 2.89 bits per heavy atom. The molecule has 18 heavy (non-hydrogen) atoms. The summed E-state index contributed by atoms with van der Waals surface area (Å²) in [5.74, 6) is 2.32. The summed E-state index contributed by atoms with van der Waals surface area (Å²) in [5.41, 5.74) is 0. The average Bonchev–Trinajstić information content (AvgIpc) is 3.18. The summed E-state index contributed by atoms with van der Waals surface area (Å²) in [5, 5.41) is 2.87. The van der Waals surface area contributed by atoms with Crippen molar-refractivity contribution in [3.63, 3.8) is 0 Å². The average molecular weight is 268 g/mol. The molecule has 0 aromatic rings. The van der Waals surface area contributed by atoms with Crippen molar-refractivity contribution in [2.24, 2.45) is 5.92 Å². The van der Waals surface area contributed by atoms with Gasteiger partial charge >= 0.3 is 0 Å². The van der Waals surface area contributed by atoms with Crippen LogP contribution in [0.4, 0.5) is 0 Å². The fourth-order valence-electron chi connectivity index (χ4n) is 2.16. The second-order valence-electron chi connectivity index (χ2n) is 4.82. The standard InChI is InChI=1S/C13H20N2O2S/c1-2-8-18-9-7-15-6-5-11(16)14-12(13(15)17)10-3-4-10/h2,10,12H,1,3-9H2,(H,14,16). The van der Waals surface area contributed by atoms with E-state index in [0.717, 1.165) is 30.9 Å². The van der Waals surface area contributed by atoms with Gasteiger partial charge in [0, 0.05) is 31.0 Å². The lowest BCUT2D eigenvalue weighted by Crippen LogP contribution is -2.46. The van der Waals surface area contributed by atoms with E-state index in [0.29, 0.717) is 18.9 Å². The van der Waals surface area contributed by atoms with Crippen molar-refractivity contribution in [2.45, 2.75) is 25.3 Å². The van der Waals surface area contributed by atoms with Gasteiger partial charge in [-0.05, 0) is 18.8 Å². The SMILES string of the molecule is C=CCSCCN1CCC(=O)NC(C2CC2)C1=O. The molecule has 0 radical (unpaired) electrons. The highest BCUT2D eigenvalue weighted by molar-refractivity contribution is 7.99. The van der Waals surface area contributed by atoms with E-state index in [1.165, 1.54) is 0 Å². The maximum atomic E-state index is 12.3. The van der Waals surface area contributed by atoms with Gasteiger partial charge in [0.15, 0.2) is 0 Å². The molecule has 5 heteroatoms. The Balaban J connectivity index is 1.89. The zero-order chi connectivity index (χ0) is 13.0. The first-order valence-corrected chi connectivity index (χ1v) is 7.64. The van der Waals surface area contributed by atoms with Gasteiger partial charge in [-0.15, -0.1) is 6.58 Å². The van der Waals surface area contributed by atoms with Crippen LogP contribution >= 0.6 is 11.8 Å². The minimum absolute atomic E-state index is 0.0153. The van der Waals surface area contributed by atoms with Crippen LogP contribution in [0.25, 0.3) is 0 Å². The fraction of sp³-hybridized carbons (Fsp3) is 0.692. The quantitative estimate of drug-likeness (QED) is 0.578. The van der Waals surface area contributed by atoms with Gasteiger partial charge in [0.05, 0.1) is 0 Å². The van der Waals surface area contributed by atoms with Crippen LogP contribution in [0.5, 0.6) is 0 Å². The van der Waals surface area contributed by atoms with E-state index in [1.54, 1.807) is 11.8 Å². The van der Waals surface area contributed by atoms with E-state index < -0.39 is 0 Å². The van der Waals surface area contributed by atoms with Crippen molar-refractivity contribution in [2.75, 3.05) is 24.6 Å². The van der Waals surface area contributed by atoms with Gasteiger partial charge in [-0.3, -0.25) is 9.59 Å². The second-order valence-corrected chi connectivity index (χ2v) is 5.97. The van der Waals surface area contributed by atoms with Crippen LogP contribution in [0, 0.1) is 5.92 Å². The number of amides is 2. The van der Waals surface area contributed by atoms with E-state index in [9.17, 15) is 9.59 Å². The van der Waals surface area contributed by atoms with Crippen molar-refractivity contribution < 1.29 is 9.59 Å². The van der Waals surface area contributed by atoms with Gasteiger partial charge in [-0.1, -0.05) is 6.08 Å². The van der Waals surface area contributed by atoms with E-state index in [4.69, 9.17) is 0 Å². The molecule has 4 nitrogen and oxygen atoms in total. The van der Waals surface area contributed by atoms with Gasteiger partial charge < -0.3 is 10.2 Å². The van der Waals surface area contributed by atoms with E-state index in [-0.39, 0.29) is 17.9 Å². The molecule has 1 heterocycles. The molecular formula is C13H20N2O2S. The smallest absolute Gasteiger partial charge is 0.245 e. The van der Waals surface area contributed by atoms with Crippen molar-refractivity contribution in [3.05, 3.63) is 12.7 Å². The van der Waals surface area contributed by atoms with E-state index in [1.807, 2.05) is 11.0 Å². The molecule has 0 aromatic carbocycles. The van der Waals surface area contributed by atoms with Crippen LogP contribution in [0.1, 0.15) is 19.3 Å². The number of nitrogens with zero attached hydrogens (tertiary/aromatic N) is 1. The van der Waals surface area contributed by atoms with Crippen LogP contribution in [0.15, 0.2) is 12.7 Å². The van der Waals surface area contributed by atoms with Crippen LogP contribution in [-0.4, -0.2) is 47.4 Å². The number of carbonyl (C=O) groups excluding carboxylic acids is 2. The monoisotopic (exact) mass is 268 g/mol. The topological polar surface area (TPSA) is 49.4 Å². The van der Waals surface area contributed by atoms with Crippen LogP contribution in [0.2, 0.25) is 0 Å². The summed E-state index contributed by atoms with van der Waals surface area (Å²) in [6.45, 7) is 4.96. The Morgan fingerprint density at radius 2 is 2.22 bits per heavy atom. The summed E-state index contributed by atoms with van der Waals surface area (Å²) in [6, 6.07) is -0.260. The van der Waals surface area contributed by atoms with Crippen molar-refractivity contribution in [1.82, 2.24) is 10.2 Å².